The Morgan fingerprint density at radius 3 is 2.67 bits per heavy atom. The number of nitrogens with zero attached hydrogens (tertiary/aromatic N) is 1. The summed E-state index contributed by atoms with van der Waals surface area (Å²) < 4.78 is 27.5. The molecule has 4 nitrogen and oxygen atoms in total. The lowest BCUT2D eigenvalue weighted by Crippen LogP contribution is -2.48. The monoisotopic (exact) mass is 352 g/mol. The second-order valence-corrected chi connectivity index (χ2v) is 9.44. The number of piperidine rings is 1. The highest BCUT2D eigenvalue weighted by Gasteiger charge is 2.33. The van der Waals surface area contributed by atoms with Crippen molar-refractivity contribution in [2.24, 2.45) is 11.7 Å². The molecule has 2 atom stereocenters. The Bertz CT molecular complexity index is 531. The van der Waals surface area contributed by atoms with Crippen LogP contribution in [-0.2, 0) is 10.0 Å². The lowest BCUT2D eigenvalue weighted by molar-refractivity contribution is 0.254. The summed E-state index contributed by atoms with van der Waals surface area (Å²) in [5.74, 6) is 0.311. The van der Waals surface area contributed by atoms with Gasteiger partial charge >= 0.3 is 0 Å². The van der Waals surface area contributed by atoms with Crippen molar-refractivity contribution in [2.75, 3.05) is 13.1 Å². The Kier molecular flexibility index (Phi) is 4.18. The van der Waals surface area contributed by atoms with Crippen molar-refractivity contribution in [1.82, 2.24) is 4.31 Å². The van der Waals surface area contributed by atoms with E-state index in [2.05, 4.69) is 15.9 Å². The first-order valence-corrected chi connectivity index (χ1v) is 8.87. The lowest BCUT2D eigenvalue weighted by Gasteiger charge is -2.33. The van der Waals surface area contributed by atoms with Crippen LogP contribution >= 0.6 is 27.3 Å². The topological polar surface area (TPSA) is 63.4 Å². The first-order chi connectivity index (χ1) is 8.30. The number of sulfonamides is 1. The van der Waals surface area contributed by atoms with Gasteiger partial charge in [0.15, 0.2) is 0 Å². The molecule has 1 fully saturated rings. The normalized spacial score (nSPS) is 26.4. The average Bonchev–Trinajstić information content (AvgIpc) is 2.57. The molecule has 0 amide bonds. The third-order valence-corrected chi connectivity index (χ3v) is 6.76. The highest BCUT2D eigenvalue weighted by atomic mass is 79.9. The lowest BCUT2D eigenvalue weighted by atomic mass is 9.99. The Morgan fingerprint density at radius 1 is 1.50 bits per heavy atom. The molecule has 2 unspecified atom stereocenters. The summed E-state index contributed by atoms with van der Waals surface area (Å²) in [5.41, 5.74) is 5.92. The first kappa shape index (κ1) is 14.5. The molecule has 2 heterocycles. The second-order valence-electron chi connectivity index (χ2n) is 4.89. The van der Waals surface area contributed by atoms with Crippen molar-refractivity contribution < 1.29 is 8.42 Å². The van der Waals surface area contributed by atoms with Crippen LogP contribution in [0.2, 0.25) is 0 Å². The highest BCUT2D eigenvalue weighted by Crippen LogP contribution is 2.32. The number of halogens is 1. The van der Waals surface area contributed by atoms with Gasteiger partial charge in [-0.1, -0.05) is 6.92 Å². The highest BCUT2D eigenvalue weighted by molar-refractivity contribution is 9.11. The molecule has 1 aliphatic heterocycles. The third kappa shape index (κ3) is 2.80. The summed E-state index contributed by atoms with van der Waals surface area (Å²) in [6.07, 6.45) is 0.887. The predicted molar refractivity (Wildman–Crippen MR) is 77.3 cm³/mol. The van der Waals surface area contributed by atoms with Crippen LogP contribution in [-0.4, -0.2) is 31.9 Å². The maximum absolute atomic E-state index is 12.6. The predicted octanol–water partition coefficient (Wildman–Crippen LogP) is 2.18. The maximum atomic E-state index is 12.6. The van der Waals surface area contributed by atoms with Gasteiger partial charge in [-0.05, 0) is 41.3 Å². The fourth-order valence-corrected chi connectivity index (χ4v) is 6.37. The summed E-state index contributed by atoms with van der Waals surface area (Å²) in [6.45, 7) is 4.84. The summed E-state index contributed by atoms with van der Waals surface area (Å²) in [4.78, 5) is 1.22. The number of nitrogens with two attached hydrogens (primary N) is 1. The van der Waals surface area contributed by atoms with E-state index in [1.807, 2.05) is 13.8 Å². The SMILES string of the molecule is Cc1sc(Br)cc1S(=O)(=O)N1CC(C)CC(N)C1. The van der Waals surface area contributed by atoms with Gasteiger partial charge < -0.3 is 5.73 Å². The molecule has 18 heavy (non-hydrogen) atoms. The van der Waals surface area contributed by atoms with Crippen LogP contribution in [0.3, 0.4) is 0 Å². The van der Waals surface area contributed by atoms with Gasteiger partial charge in [0.25, 0.3) is 0 Å². The van der Waals surface area contributed by atoms with Crippen molar-refractivity contribution >= 4 is 37.3 Å². The van der Waals surface area contributed by atoms with Gasteiger partial charge in [0.1, 0.15) is 0 Å². The minimum absolute atomic E-state index is 0.0640. The zero-order valence-corrected chi connectivity index (χ0v) is 13.6. The molecule has 0 spiro atoms. The molecule has 0 saturated carbocycles. The molecule has 2 rings (SSSR count). The standard InChI is InChI=1S/C11H17BrN2O2S2/c1-7-3-9(13)6-14(5-7)18(15,16)10-4-11(12)17-8(10)2/h4,7,9H,3,5-6,13H2,1-2H3. The molecule has 7 heteroatoms. The third-order valence-electron chi connectivity index (χ3n) is 3.12. The Morgan fingerprint density at radius 2 is 2.17 bits per heavy atom. The van der Waals surface area contributed by atoms with Crippen molar-refractivity contribution in [1.29, 1.82) is 0 Å². The van der Waals surface area contributed by atoms with E-state index in [0.29, 0.717) is 23.9 Å². The van der Waals surface area contributed by atoms with E-state index in [1.165, 1.54) is 15.6 Å². The van der Waals surface area contributed by atoms with E-state index in [1.54, 1.807) is 6.07 Å². The van der Waals surface area contributed by atoms with Crippen molar-refractivity contribution in [3.63, 3.8) is 0 Å². The molecule has 1 saturated heterocycles. The van der Waals surface area contributed by atoms with Gasteiger partial charge in [-0.3, -0.25) is 0 Å². The van der Waals surface area contributed by atoms with E-state index in [-0.39, 0.29) is 6.04 Å². The fourth-order valence-electron chi connectivity index (χ4n) is 2.37. The fraction of sp³-hybridized carbons (Fsp3) is 0.636. The largest absolute Gasteiger partial charge is 0.326 e. The number of thiophene rings is 1. The number of hydrogen-bond donors (Lipinski definition) is 1. The minimum atomic E-state index is -3.40. The van der Waals surface area contributed by atoms with E-state index >= 15 is 0 Å². The van der Waals surface area contributed by atoms with Crippen LogP contribution < -0.4 is 5.73 Å². The van der Waals surface area contributed by atoms with Gasteiger partial charge in [0.05, 0.1) is 8.68 Å². The Labute approximate surface area is 120 Å². The van der Waals surface area contributed by atoms with E-state index in [9.17, 15) is 8.42 Å². The Balaban J connectivity index is 2.34. The van der Waals surface area contributed by atoms with E-state index in [4.69, 9.17) is 5.73 Å². The molecule has 1 aliphatic rings. The van der Waals surface area contributed by atoms with Gasteiger partial charge in [0.2, 0.25) is 10.0 Å². The first-order valence-electron chi connectivity index (χ1n) is 5.82. The van der Waals surface area contributed by atoms with Gasteiger partial charge in [-0.2, -0.15) is 4.31 Å². The van der Waals surface area contributed by atoms with Crippen LogP contribution in [0.4, 0.5) is 0 Å². The molecular formula is C11H17BrN2O2S2. The van der Waals surface area contributed by atoms with Gasteiger partial charge in [-0.15, -0.1) is 11.3 Å². The number of hydrogen-bond acceptors (Lipinski definition) is 4. The summed E-state index contributed by atoms with van der Waals surface area (Å²) >= 11 is 4.78. The average molecular weight is 353 g/mol. The van der Waals surface area contributed by atoms with E-state index < -0.39 is 10.0 Å². The molecule has 102 valence electrons. The molecule has 0 bridgehead atoms. The molecular weight excluding hydrogens is 336 g/mol. The Hall–Kier alpha value is 0.0500. The molecule has 0 aromatic carbocycles. The zero-order chi connectivity index (χ0) is 13.5. The minimum Gasteiger partial charge on any atom is -0.326 e. The van der Waals surface area contributed by atoms with Crippen LogP contribution in [0.5, 0.6) is 0 Å². The molecule has 0 radical (unpaired) electrons. The van der Waals surface area contributed by atoms with Crippen LogP contribution in [0, 0.1) is 12.8 Å². The molecule has 2 N–H and O–H groups in total. The smallest absolute Gasteiger partial charge is 0.244 e. The van der Waals surface area contributed by atoms with Crippen LogP contribution in [0.15, 0.2) is 14.7 Å². The quantitative estimate of drug-likeness (QED) is 0.886. The van der Waals surface area contributed by atoms with Crippen LogP contribution in [0.25, 0.3) is 0 Å². The summed E-state index contributed by atoms with van der Waals surface area (Å²) in [7, 11) is -3.40. The van der Waals surface area contributed by atoms with Crippen molar-refractivity contribution in [3.8, 4) is 0 Å². The summed E-state index contributed by atoms with van der Waals surface area (Å²) in [5, 5.41) is 0. The zero-order valence-electron chi connectivity index (χ0n) is 10.4. The maximum Gasteiger partial charge on any atom is 0.244 e. The number of aryl methyl sites for hydroxylation is 1. The van der Waals surface area contributed by atoms with Crippen LogP contribution in [0.1, 0.15) is 18.2 Å². The molecule has 1 aromatic rings. The van der Waals surface area contributed by atoms with E-state index in [0.717, 1.165) is 15.1 Å². The summed E-state index contributed by atoms with van der Waals surface area (Å²) in [6, 6.07) is 1.62. The number of rotatable bonds is 2. The van der Waals surface area contributed by atoms with Crippen molar-refractivity contribution in [3.05, 3.63) is 14.7 Å². The molecule has 1 aromatic heterocycles. The second kappa shape index (κ2) is 5.20. The molecule has 0 aliphatic carbocycles. The van der Waals surface area contributed by atoms with Gasteiger partial charge in [-0.25, -0.2) is 8.42 Å². The van der Waals surface area contributed by atoms with Crippen molar-refractivity contribution in [2.45, 2.75) is 31.2 Å². The van der Waals surface area contributed by atoms with Gasteiger partial charge in [0, 0.05) is 24.0 Å².